The quantitative estimate of drug-likeness (QED) is 0.688. The Kier molecular flexibility index (Phi) is 2.50. The van der Waals surface area contributed by atoms with Gasteiger partial charge < -0.3 is 15.4 Å². The van der Waals surface area contributed by atoms with E-state index in [1.165, 1.54) is 6.07 Å². The SMILES string of the molecule is Cc1nc(NC2CC(O)C2(C)C)cc(=O)[nH]1. The van der Waals surface area contributed by atoms with Crippen LogP contribution in [0.3, 0.4) is 0 Å². The second-order valence-corrected chi connectivity index (χ2v) is 4.99. The normalized spacial score (nSPS) is 27.2. The number of hydrogen-bond acceptors (Lipinski definition) is 4. The van der Waals surface area contributed by atoms with E-state index in [1.807, 2.05) is 13.8 Å². The van der Waals surface area contributed by atoms with Gasteiger partial charge in [-0.2, -0.15) is 0 Å². The number of rotatable bonds is 2. The first kappa shape index (κ1) is 11.1. The van der Waals surface area contributed by atoms with E-state index in [9.17, 15) is 9.90 Å². The maximum atomic E-state index is 11.2. The van der Waals surface area contributed by atoms with Gasteiger partial charge in [-0.3, -0.25) is 4.79 Å². The Morgan fingerprint density at radius 3 is 2.81 bits per heavy atom. The van der Waals surface area contributed by atoms with Gasteiger partial charge in [-0.05, 0) is 13.3 Å². The summed E-state index contributed by atoms with van der Waals surface area (Å²) in [5.41, 5.74) is -0.328. The van der Waals surface area contributed by atoms with Crippen molar-refractivity contribution < 1.29 is 5.11 Å². The fraction of sp³-hybridized carbons (Fsp3) is 0.636. The van der Waals surface area contributed by atoms with E-state index >= 15 is 0 Å². The molecule has 88 valence electrons. The smallest absolute Gasteiger partial charge is 0.252 e. The number of aliphatic hydroxyl groups excluding tert-OH is 1. The number of H-pyrrole nitrogens is 1. The number of nitrogens with zero attached hydrogens (tertiary/aromatic N) is 1. The fourth-order valence-corrected chi connectivity index (χ4v) is 1.98. The molecule has 1 aliphatic rings. The van der Waals surface area contributed by atoms with E-state index in [1.54, 1.807) is 6.92 Å². The predicted octanol–water partition coefficient (Wildman–Crippen LogP) is 0.650. The Balaban J connectivity index is 2.14. The van der Waals surface area contributed by atoms with E-state index < -0.39 is 0 Å². The Labute approximate surface area is 93.9 Å². The summed E-state index contributed by atoms with van der Waals surface area (Å²) in [5, 5.41) is 12.8. The second-order valence-electron chi connectivity index (χ2n) is 4.99. The number of aromatic amines is 1. The van der Waals surface area contributed by atoms with E-state index in [0.717, 1.165) is 0 Å². The Morgan fingerprint density at radius 1 is 1.62 bits per heavy atom. The minimum absolute atomic E-state index is 0.160. The molecule has 5 nitrogen and oxygen atoms in total. The average Bonchev–Trinajstić information content (AvgIpc) is 2.15. The minimum Gasteiger partial charge on any atom is -0.392 e. The molecule has 0 aliphatic heterocycles. The first-order chi connectivity index (χ1) is 7.39. The number of anilines is 1. The molecule has 0 spiro atoms. The molecule has 1 heterocycles. The lowest BCUT2D eigenvalue weighted by molar-refractivity contribution is -0.0511. The first-order valence-electron chi connectivity index (χ1n) is 5.42. The van der Waals surface area contributed by atoms with Crippen LogP contribution in [0.1, 0.15) is 26.1 Å². The summed E-state index contributed by atoms with van der Waals surface area (Å²) in [6, 6.07) is 1.60. The molecule has 2 unspecified atom stereocenters. The van der Waals surface area contributed by atoms with Crippen molar-refractivity contribution in [1.29, 1.82) is 0 Å². The molecule has 3 N–H and O–H groups in total. The van der Waals surface area contributed by atoms with Gasteiger partial charge in [0, 0.05) is 17.5 Å². The van der Waals surface area contributed by atoms with Crippen molar-refractivity contribution in [3.63, 3.8) is 0 Å². The molecule has 1 aromatic rings. The number of aromatic nitrogens is 2. The molecule has 0 radical (unpaired) electrons. The van der Waals surface area contributed by atoms with Gasteiger partial charge in [-0.1, -0.05) is 13.8 Å². The number of aryl methyl sites for hydroxylation is 1. The van der Waals surface area contributed by atoms with Gasteiger partial charge in [0.05, 0.1) is 6.10 Å². The molecule has 1 saturated carbocycles. The first-order valence-corrected chi connectivity index (χ1v) is 5.42. The standard InChI is InChI=1S/C11H17N3O2/c1-6-12-9(5-10(16)13-6)14-7-4-8(15)11(7,2)3/h5,7-8,15H,4H2,1-3H3,(H2,12,13,14,16). The van der Waals surface area contributed by atoms with Crippen LogP contribution >= 0.6 is 0 Å². The highest BCUT2D eigenvalue weighted by molar-refractivity contribution is 5.36. The van der Waals surface area contributed by atoms with Gasteiger partial charge in [0.1, 0.15) is 11.6 Å². The van der Waals surface area contributed by atoms with Crippen molar-refractivity contribution in [2.24, 2.45) is 5.41 Å². The summed E-state index contributed by atoms with van der Waals surface area (Å²) in [5.74, 6) is 1.17. The Bertz CT molecular complexity index is 453. The van der Waals surface area contributed by atoms with Crippen LogP contribution in [0.2, 0.25) is 0 Å². The second kappa shape index (κ2) is 3.59. The zero-order valence-corrected chi connectivity index (χ0v) is 9.74. The lowest BCUT2D eigenvalue weighted by Gasteiger charge is -2.49. The summed E-state index contributed by atoms with van der Waals surface area (Å²) in [7, 11) is 0. The number of hydrogen-bond donors (Lipinski definition) is 3. The largest absolute Gasteiger partial charge is 0.392 e. The van der Waals surface area contributed by atoms with Crippen LogP contribution in [0.4, 0.5) is 5.82 Å². The van der Waals surface area contributed by atoms with Crippen molar-refractivity contribution in [2.75, 3.05) is 5.32 Å². The predicted molar refractivity (Wildman–Crippen MR) is 61.4 cm³/mol. The van der Waals surface area contributed by atoms with Crippen LogP contribution in [0, 0.1) is 12.3 Å². The molecule has 1 aliphatic carbocycles. The van der Waals surface area contributed by atoms with E-state index in [0.29, 0.717) is 18.1 Å². The summed E-state index contributed by atoms with van der Waals surface area (Å²) in [6.45, 7) is 5.74. The van der Waals surface area contributed by atoms with Crippen LogP contribution in [0.5, 0.6) is 0 Å². The van der Waals surface area contributed by atoms with Crippen molar-refractivity contribution in [1.82, 2.24) is 9.97 Å². The van der Waals surface area contributed by atoms with Crippen LogP contribution in [0.25, 0.3) is 0 Å². The third-order valence-electron chi connectivity index (χ3n) is 3.40. The van der Waals surface area contributed by atoms with Crippen LogP contribution in [-0.2, 0) is 0 Å². The molecule has 2 rings (SSSR count). The van der Waals surface area contributed by atoms with E-state index in [4.69, 9.17) is 0 Å². The summed E-state index contributed by atoms with van der Waals surface area (Å²) in [6.07, 6.45) is 0.411. The molecule has 5 heteroatoms. The van der Waals surface area contributed by atoms with Crippen molar-refractivity contribution in [3.05, 3.63) is 22.2 Å². The van der Waals surface area contributed by atoms with Gasteiger partial charge >= 0.3 is 0 Å². The summed E-state index contributed by atoms with van der Waals surface area (Å²) >= 11 is 0. The molecule has 0 aromatic carbocycles. The van der Waals surface area contributed by atoms with Crippen molar-refractivity contribution >= 4 is 5.82 Å². The lowest BCUT2D eigenvalue weighted by Crippen LogP contribution is -2.57. The van der Waals surface area contributed by atoms with E-state index in [2.05, 4.69) is 15.3 Å². The highest BCUT2D eigenvalue weighted by atomic mass is 16.3. The third-order valence-corrected chi connectivity index (χ3v) is 3.40. The maximum Gasteiger partial charge on any atom is 0.252 e. The van der Waals surface area contributed by atoms with Crippen LogP contribution in [-0.4, -0.2) is 27.2 Å². The van der Waals surface area contributed by atoms with Gasteiger partial charge in [-0.15, -0.1) is 0 Å². The lowest BCUT2D eigenvalue weighted by atomic mass is 9.64. The topological polar surface area (TPSA) is 78.0 Å². The number of nitrogens with one attached hydrogen (secondary N) is 2. The van der Waals surface area contributed by atoms with E-state index in [-0.39, 0.29) is 23.1 Å². The molecule has 0 bridgehead atoms. The number of aliphatic hydroxyl groups is 1. The molecular formula is C11H17N3O2. The van der Waals surface area contributed by atoms with Gasteiger partial charge in [-0.25, -0.2) is 4.98 Å². The molecule has 1 aromatic heterocycles. The molecule has 1 fully saturated rings. The minimum atomic E-state index is -0.284. The molecular weight excluding hydrogens is 206 g/mol. The third kappa shape index (κ3) is 1.82. The summed E-state index contributed by atoms with van der Waals surface area (Å²) < 4.78 is 0. The zero-order chi connectivity index (χ0) is 11.9. The molecule has 16 heavy (non-hydrogen) atoms. The van der Waals surface area contributed by atoms with Crippen molar-refractivity contribution in [3.8, 4) is 0 Å². The molecule has 0 amide bonds. The van der Waals surface area contributed by atoms with Crippen molar-refractivity contribution in [2.45, 2.75) is 39.3 Å². The Hall–Kier alpha value is -1.36. The molecule has 0 saturated heterocycles. The Morgan fingerprint density at radius 2 is 2.31 bits per heavy atom. The van der Waals surface area contributed by atoms with Gasteiger partial charge in [0.15, 0.2) is 0 Å². The molecule has 2 atom stereocenters. The monoisotopic (exact) mass is 223 g/mol. The van der Waals surface area contributed by atoms with Crippen LogP contribution < -0.4 is 10.9 Å². The fourth-order valence-electron chi connectivity index (χ4n) is 1.98. The van der Waals surface area contributed by atoms with Crippen LogP contribution in [0.15, 0.2) is 10.9 Å². The average molecular weight is 223 g/mol. The highest BCUT2D eigenvalue weighted by Gasteiger charge is 2.47. The zero-order valence-electron chi connectivity index (χ0n) is 9.74. The van der Waals surface area contributed by atoms with Gasteiger partial charge in [0.2, 0.25) is 0 Å². The summed E-state index contributed by atoms with van der Waals surface area (Å²) in [4.78, 5) is 18.0. The van der Waals surface area contributed by atoms with Gasteiger partial charge in [0.25, 0.3) is 5.56 Å². The highest BCUT2D eigenvalue weighted by Crippen LogP contribution is 2.41. The maximum absolute atomic E-state index is 11.2.